The molecule has 0 spiro atoms. The van der Waals surface area contributed by atoms with Crippen LogP contribution in [0.5, 0.6) is 0 Å². The third-order valence-electron chi connectivity index (χ3n) is 4.26. The molecule has 0 radical (unpaired) electrons. The topological polar surface area (TPSA) is 58.4 Å². The van der Waals surface area contributed by atoms with E-state index in [1.807, 2.05) is 4.90 Å². The number of nitrogens with one attached hydrogen (secondary N) is 1. The van der Waals surface area contributed by atoms with E-state index in [1.54, 1.807) is 0 Å². The largest absolute Gasteiger partial charge is 0.360 e. The molecule has 3 rings (SSSR count). The van der Waals surface area contributed by atoms with Gasteiger partial charge in [0.15, 0.2) is 5.69 Å². The average Bonchev–Trinajstić information content (AvgIpc) is 2.65. The van der Waals surface area contributed by atoms with Crippen LogP contribution in [0.3, 0.4) is 0 Å². The Labute approximate surface area is 119 Å². The lowest BCUT2D eigenvalue weighted by Crippen LogP contribution is -2.58. The maximum absolute atomic E-state index is 12.7. The molecular weight excluding hydrogens is 254 g/mol. The molecule has 2 heterocycles. The average molecular weight is 277 g/mol. The van der Waals surface area contributed by atoms with Crippen LogP contribution in [0, 0.1) is 0 Å². The van der Waals surface area contributed by atoms with Crippen LogP contribution in [0.4, 0.5) is 0 Å². The van der Waals surface area contributed by atoms with Gasteiger partial charge in [0, 0.05) is 37.2 Å². The van der Waals surface area contributed by atoms with Gasteiger partial charge in [0.05, 0.1) is 0 Å². The summed E-state index contributed by atoms with van der Waals surface area (Å²) < 4.78 is 5.42. The number of aromatic nitrogens is 1. The molecule has 1 N–H and O–H groups in total. The van der Waals surface area contributed by atoms with Gasteiger partial charge in [0.1, 0.15) is 5.76 Å². The molecule has 0 saturated carbocycles. The quantitative estimate of drug-likeness (QED) is 0.795. The van der Waals surface area contributed by atoms with E-state index in [1.165, 1.54) is 6.42 Å². The molecule has 0 bridgehead atoms. The Kier molecular flexibility index (Phi) is 3.54. The predicted octanol–water partition coefficient (Wildman–Crippen LogP) is 1.77. The number of hydrogen-bond donors (Lipinski definition) is 1. The molecule has 0 atom stereocenters. The first-order valence-corrected chi connectivity index (χ1v) is 7.58. The van der Waals surface area contributed by atoms with Crippen molar-refractivity contribution < 1.29 is 9.32 Å². The molecule has 1 aromatic heterocycles. The first kappa shape index (κ1) is 13.6. The number of rotatable bonds is 1. The molecule has 2 aliphatic rings. The summed E-state index contributed by atoms with van der Waals surface area (Å²) in [5, 5.41) is 7.50. The Morgan fingerprint density at radius 2 is 2.10 bits per heavy atom. The lowest BCUT2D eigenvalue weighted by molar-refractivity contribution is 0.0640. The van der Waals surface area contributed by atoms with Gasteiger partial charge in [-0.25, -0.2) is 0 Å². The number of aryl methyl sites for hydroxylation is 1. The lowest BCUT2D eigenvalue weighted by atomic mass is 10.0. The number of hydrogen-bond acceptors (Lipinski definition) is 4. The number of nitrogens with zero attached hydrogens (tertiary/aromatic N) is 2. The zero-order chi connectivity index (χ0) is 14.2. The normalized spacial score (nSPS) is 22.2. The van der Waals surface area contributed by atoms with Crippen molar-refractivity contribution in [2.75, 3.05) is 19.6 Å². The van der Waals surface area contributed by atoms with Crippen LogP contribution in [0.15, 0.2) is 4.52 Å². The monoisotopic (exact) mass is 277 g/mol. The number of carbonyl (C=O) groups is 1. The first-order chi connectivity index (χ1) is 9.57. The lowest BCUT2D eigenvalue weighted by Gasteiger charge is -2.38. The molecule has 1 amide bonds. The van der Waals surface area contributed by atoms with Crippen molar-refractivity contribution in [1.29, 1.82) is 0 Å². The Balaban J connectivity index is 1.82. The molecule has 5 nitrogen and oxygen atoms in total. The molecule has 1 saturated heterocycles. The minimum atomic E-state index is -0.0331. The van der Waals surface area contributed by atoms with Crippen LogP contribution in [-0.2, 0) is 12.8 Å². The van der Waals surface area contributed by atoms with E-state index < -0.39 is 0 Å². The standard InChI is InChI=1S/C15H23N3O2/c1-15(2)10-18(9-8-16-15)14(19)13-11-6-4-3-5-7-12(11)20-17-13/h16H,3-10H2,1-2H3. The highest BCUT2D eigenvalue weighted by Gasteiger charge is 2.32. The zero-order valence-corrected chi connectivity index (χ0v) is 12.4. The summed E-state index contributed by atoms with van der Waals surface area (Å²) in [6.45, 7) is 6.53. The first-order valence-electron chi connectivity index (χ1n) is 7.58. The molecule has 0 aromatic carbocycles. The minimum Gasteiger partial charge on any atom is -0.360 e. The molecule has 1 aromatic rings. The van der Waals surface area contributed by atoms with Crippen LogP contribution in [0.25, 0.3) is 0 Å². The summed E-state index contributed by atoms with van der Waals surface area (Å²) in [4.78, 5) is 14.6. The second-order valence-electron chi connectivity index (χ2n) is 6.53. The molecule has 5 heteroatoms. The van der Waals surface area contributed by atoms with Crippen LogP contribution in [0.2, 0.25) is 0 Å². The van der Waals surface area contributed by atoms with E-state index >= 15 is 0 Å². The molecule has 110 valence electrons. The molecule has 20 heavy (non-hydrogen) atoms. The summed E-state index contributed by atoms with van der Waals surface area (Å²) in [5.41, 5.74) is 1.58. The molecule has 1 aliphatic carbocycles. The Morgan fingerprint density at radius 1 is 1.30 bits per heavy atom. The van der Waals surface area contributed by atoms with E-state index in [-0.39, 0.29) is 11.4 Å². The van der Waals surface area contributed by atoms with Crippen molar-refractivity contribution in [3.8, 4) is 0 Å². The molecule has 1 aliphatic heterocycles. The molecule has 0 unspecified atom stereocenters. The second-order valence-corrected chi connectivity index (χ2v) is 6.53. The van der Waals surface area contributed by atoms with Crippen LogP contribution in [-0.4, -0.2) is 41.1 Å². The van der Waals surface area contributed by atoms with Crippen molar-refractivity contribution in [2.24, 2.45) is 0 Å². The van der Waals surface area contributed by atoms with Gasteiger partial charge in [-0.05, 0) is 33.1 Å². The van der Waals surface area contributed by atoms with Gasteiger partial charge >= 0.3 is 0 Å². The Hall–Kier alpha value is -1.36. The van der Waals surface area contributed by atoms with Gasteiger partial charge in [-0.1, -0.05) is 11.6 Å². The molecule has 1 fully saturated rings. The predicted molar refractivity (Wildman–Crippen MR) is 75.7 cm³/mol. The third kappa shape index (κ3) is 2.59. The van der Waals surface area contributed by atoms with Gasteiger partial charge in [-0.2, -0.15) is 0 Å². The van der Waals surface area contributed by atoms with Crippen molar-refractivity contribution in [3.63, 3.8) is 0 Å². The number of fused-ring (bicyclic) bond motifs is 1. The smallest absolute Gasteiger partial charge is 0.276 e. The van der Waals surface area contributed by atoms with Crippen LogP contribution in [0.1, 0.15) is 54.9 Å². The number of carbonyl (C=O) groups excluding carboxylic acids is 1. The second kappa shape index (κ2) is 5.20. The fourth-order valence-electron chi connectivity index (χ4n) is 3.19. The number of piperazine rings is 1. The fourth-order valence-corrected chi connectivity index (χ4v) is 3.19. The van der Waals surface area contributed by atoms with Gasteiger partial charge in [0.2, 0.25) is 0 Å². The highest BCUT2D eigenvalue weighted by atomic mass is 16.5. The Bertz CT molecular complexity index is 507. The SMILES string of the molecule is CC1(C)CN(C(=O)c2noc3c2CCCCC3)CCN1. The van der Waals surface area contributed by atoms with Gasteiger partial charge in [-0.15, -0.1) is 0 Å². The summed E-state index contributed by atoms with van der Waals surface area (Å²) in [5.74, 6) is 0.965. The van der Waals surface area contributed by atoms with E-state index in [2.05, 4.69) is 24.3 Å². The van der Waals surface area contributed by atoms with Gasteiger partial charge in [0.25, 0.3) is 5.91 Å². The summed E-state index contributed by atoms with van der Waals surface area (Å²) in [6, 6.07) is 0. The van der Waals surface area contributed by atoms with Gasteiger partial charge < -0.3 is 14.7 Å². The maximum atomic E-state index is 12.7. The fraction of sp³-hybridized carbons (Fsp3) is 0.733. The highest BCUT2D eigenvalue weighted by molar-refractivity contribution is 5.94. The summed E-state index contributed by atoms with van der Waals surface area (Å²) in [7, 11) is 0. The van der Waals surface area contributed by atoms with E-state index in [4.69, 9.17) is 4.52 Å². The third-order valence-corrected chi connectivity index (χ3v) is 4.26. The number of amides is 1. The highest BCUT2D eigenvalue weighted by Crippen LogP contribution is 2.25. The van der Waals surface area contributed by atoms with Gasteiger partial charge in [-0.3, -0.25) is 4.79 Å². The van der Waals surface area contributed by atoms with E-state index in [0.717, 1.165) is 50.1 Å². The van der Waals surface area contributed by atoms with Crippen molar-refractivity contribution in [1.82, 2.24) is 15.4 Å². The van der Waals surface area contributed by atoms with E-state index in [0.29, 0.717) is 12.2 Å². The van der Waals surface area contributed by atoms with Crippen molar-refractivity contribution in [3.05, 3.63) is 17.0 Å². The Morgan fingerprint density at radius 3 is 2.90 bits per heavy atom. The summed E-state index contributed by atoms with van der Waals surface area (Å²) in [6.07, 6.45) is 5.31. The zero-order valence-electron chi connectivity index (χ0n) is 12.4. The van der Waals surface area contributed by atoms with E-state index in [9.17, 15) is 4.79 Å². The van der Waals surface area contributed by atoms with Crippen molar-refractivity contribution >= 4 is 5.91 Å². The van der Waals surface area contributed by atoms with Crippen molar-refractivity contribution in [2.45, 2.75) is 51.5 Å². The molecular formula is C15H23N3O2. The summed E-state index contributed by atoms with van der Waals surface area (Å²) >= 11 is 0. The van der Waals surface area contributed by atoms with Crippen LogP contribution < -0.4 is 5.32 Å². The van der Waals surface area contributed by atoms with Crippen LogP contribution >= 0.6 is 0 Å². The minimum absolute atomic E-state index is 0.0331. The maximum Gasteiger partial charge on any atom is 0.276 e.